The molecule has 0 unspecified atom stereocenters. The van der Waals surface area contributed by atoms with Gasteiger partial charge in [0.1, 0.15) is 4.64 Å². The van der Waals surface area contributed by atoms with Crippen molar-refractivity contribution in [2.24, 2.45) is 0 Å². The first kappa shape index (κ1) is 12.7. The van der Waals surface area contributed by atoms with Crippen LogP contribution in [-0.2, 0) is 0 Å². The van der Waals surface area contributed by atoms with Crippen LogP contribution in [0.3, 0.4) is 0 Å². The van der Waals surface area contributed by atoms with Crippen LogP contribution >= 0.6 is 12.2 Å². The van der Waals surface area contributed by atoms with Crippen molar-refractivity contribution >= 4 is 12.2 Å². The molecular weight excluding hydrogens is 268 g/mol. The summed E-state index contributed by atoms with van der Waals surface area (Å²) in [6.07, 6.45) is 0. The third-order valence-electron chi connectivity index (χ3n) is 2.98. The van der Waals surface area contributed by atoms with Gasteiger partial charge in [-0.15, -0.1) is 0 Å². The van der Waals surface area contributed by atoms with Crippen molar-refractivity contribution in [2.45, 2.75) is 13.8 Å². The molecule has 100 valence electrons. The van der Waals surface area contributed by atoms with E-state index in [9.17, 15) is 0 Å². The second-order valence-corrected chi connectivity index (χ2v) is 5.08. The van der Waals surface area contributed by atoms with Gasteiger partial charge in [0.05, 0.1) is 5.69 Å². The zero-order valence-corrected chi connectivity index (χ0v) is 12.1. The molecule has 2 aromatic heterocycles. The lowest BCUT2D eigenvalue weighted by molar-refractivity contribution is 0.788. The maximum atomic E-state index is 5.39. The van der Waals surface area contributed by atoms with E-state index >= 15 is 0 Å². The second-order valence-electron chi connectivity index (χ2n) is 4.66. The summed E-state index contributed by atoms with van der Waals surface area (Å²) in [5, 5.41) is 3.26. The van der Waals surface area contributed by atoms with E-state index in [0.29, 0.717) is 10.6 Å². The van der Waals surface area contributed by atoms with Gasteiger partial charge < -0.3 is 0 Å². The van der Waals surface area contributed by atoms with E-state index in [0.717, 1.165) is 22.6 Å². The Labute approximate surface area is 122 Å². The normalized spacial score (nSPS) is 10.7. The quantitative estimate of drug-likeness (QED) is 0.730. The number of hydrogen-bond donors (Lipinski definition) is 1. The number of aryl methyl sites for hydroxylation is 2. The van der Waals surface area contributed by atoms with Crippen LogP contribution in [0.15, 0.2) is 42.5 Å². The van der Waals surface area contributed by atoms with E-state index in [-0.39, 0.29) is 0 Å². The number of aromatic nitrogens is 4. The zero-order valence-electron chi connectivity index (χ0n) is 11.3. The lowest BCUT2D eigenvalue weighted by Gasteiger charge is -2.04. The molecule has 20 heavy (non-hydrogen) atoms. The first-order chi connectivity index (χ1) is 9.63. The summed E-state index contributed by atoms with van der Waals surface area (Å²) in [5.74, 6) is 0.578. The van der Waals surface area contributed by atoms with Crippen molar-refractivity contribution in [1.82, 2.24) is 19.7 Å². The standard InChI is InChI=1S/C15H14N4S/c1-10-8-11(2)17-15(16-10)19-14(20)9-13(18-19)12-6-4-3-5-7-12/h3-9,18H,1-2H3. The molecule has 3 rings (SSSR count). The molecule has 0 aliphatic rings. The van der Waals surface area contributed by atoms with Gasteiger partial charge in [0.25, 0.3) is 5.95 Å². The van der Waals surface area contributed by atoms with Gasteiger partial charge in [0, 0.05) is 17.5 Å². The maximum Gasteiger partial charge on any atom is 0.250 e. The van der Waals surface area contributed by atoms with E-state index in [1.54, 1.807) is 4.68 Å². The summed E-state index contributed by atoms with van der Waals surface area (Å²) >= 11 is 5.39. The summed E-state index contributed by atoms with van der Waals surface area (Å²) < 4.78 is 2.39. The van der Waals surface area contributed by atoms with Crippen molar-refractivity contribution in [3.8, 4) is 17.2 Å². The SMILES string of the molecule is Cc1cc(C)nc(-n2[nH]c(-c3ccccc3)cc2=S)n1. The highest BCUT2D eigenvalue weighted by Crippen LogP contribution is 2.18. The molecule has 0 bridgehead atoms. The van der Waals surface area contributed by atoms with Gasteiger partial charge in [-0.25, -0.2) is 14.6 Å². The van der Waals surface area contributed by atoms with Crippen LogP contribution in [0.25, 0.3) is 17.2 Å². The molecule has 0 saturated heterocycles. The Morgan fingerprint density at radius 1 is 1.00 bits per heavy atom. The summed E-state index contributed by atoms with van der Waals surface area (Å²) in [5.41, 5.74) is 3.88. The number of nitrogens with zero attached hydrogens (tertiary/aromatic N) is 3. The highest BCUT2D eigenvalue weighted by atomic mass is 32.1. The first-order valence-corrected chi connectivity index (χ1v) is 6.74. The van der Waals surface area contributed by atoms with Crippen LogP contribution in [-0.4, -0.2) is 19.7 Å². The van der Waals surface area contributed by atoms with E-state index in [1.807, 2.05) is 56.3 Å². The Balaban J connectivity index is 2.12. The van der Waals surface area contributed by atoms with Crippen LogP contribution in [0.1, 0.15) is 11.4 Å². The predicted octanol–water partition coefficient (Wildman–Crippen LogP) is 3.61. The highest BCUT2D eigenvalue weighted by Gasteiger charge is 2.07. The van der Waals surface area contributed by atoms with E-state index in [2.05, 4.69) is 15.1 Å². The predicted molar refractivity (Wildman–Crippen MR) is 81.5 cm³/mol. The Hall–Kier alpha value is -2.27. The molecule has 0 radical (unpaired) electrons. The second kappa shape index (κ2) is 5.02. The fraction of sp³-hybridized carbons (Fsp3) is 0.133. The fourth-order valence-corrected chi connectivity index (χ4v) is 2.36. The summed E-state index contributed by atoms with van der Waals surface area (Å²) in [6, 6.07) is 13.9. The highest BCUT2D eigenvalue weighted by molar-refractivity contribution is 7.71. The van der Waals surface area contributed by atoms with E-state index in [1.165, 1.54) is 0 Å². The minimum absolute atomic E-state index is 0.578. The molecule has 1 aromatic carbocycles. The topological polar surface area (TPSA) is 46.5 Å². The Bertz CT molecular complexity index is 782. The van der Waals surface area contributed by atoms with Gasteiger partial charge in [0.15, 0.2) is 0 Å². The van der Waals surface area contributed by atoms with Crippen molar-refractivity contribution < 1.29 is 0 Å². The molecule has 0 aliphatic heterocycles. The number of rotatable bonds is 2. The number of benzene rings is 1. The van der Waals surface area contributed by atoms with Crippen LogP contribution in [0.5, 0.6) is 0 Å². The maximum absolute atomic E-state index is 5.39. The Morgan fingerprint density at radius 2 is 1.65 bits per heavy atom. The molecule has 0 saturated carbocycles. The summed E-state index contributed by atoms with van der Waals surface area (Å²) in [7, 11) is 0. The van der Waals surface area contributed by atoms with Gasteiger partial charge in [-0.05, 0) is 25.5 Å². The zero-order chi connectivity index (χ0) is 14.1. The summed E-state index contributed by atoms with van der Waals surface area (Å²) in [4.78, 5) is 8.85. The smallest absolute Gasteiger partial charge is 0.250 e. The molecular formula is C15H14N4S. The lowest BCUT2D eigenvalue weighted by Crippen LogP contribution is -2.05. The number of H-pyrrole nitrogens is 1. The summed E-state index contributed by atoms with van der Waals surface area (Å²) in [6.45, 7) is 3.89. The third-order valence-corrected chi connectivity index (χ3v) is 3.28. The minimum Gasteiger partial charge on any atom is -0.290 e. The Morgan fingerprint density at radius 3 is 2.30 bits per heavy atom. The average Bonchev–Trinajstić information content (AvgIpc) is 2.81. The molecule has 0 atom stereocenters. The first-order valence-electron chi connectivity index (χ1n) is 6.33. The molecule has 0 aliphatic carbocycles. The fourth-order valence-electron chi connectivity index (χ4n) is 2.12. The van der Waals surface area contributed by atoms with Crippen LogP contribution in [0.4, 0.5) is 0 Å². The molecule has 5 heteroatoms. The van der Waals surface area contributed by atoms with E-state index < -0.39 is 0 Å². The van der Waals surface area contributed by atoms with Crippen molar-refractivity contribution in [2.75, 3.05) is 0 Å². The van der Waals surface area contributed by atoms with Crippen molar-refractivity contribution in [3.05, 3.63) is 58.5 Å². The van der Waals surface area contributed by atoms with Gasteiger partial charge >= 0.3 is 0 Å². The largest absolute Gasteiger partial charge is 0.290 e. The Kier molecular flexibility index (Phi) is 3.20. The molecule has 0 spiro atoms. The molecule has 1 N–H and O–H groups in total. The molecule has 0 fully saturated rings. The van der Waals surface area contributed by atoms with Crippen LogP contribution in [0.2, 0.25) is 0 Å². The average molecular weight is 282 g/mol. The molecule has 3 aromatic rings. The molecule has 4 nitrogen and oxygen atoms in total. The number of nitrogens with one attached hydrogen (secondary N) is 1. The lowest BCUT2D eigenvalue weighted by atomic mass is 10.2. The van der Waals surface area contributed by atoms with Gasteiger partial charge in [-0.3, -0.25) is 5.10 Å². The number of hydrogen-bond acceptors (Lipinski definition) is 3. The third kappa shape index (κ3) is 2.40. The van der Waals surface area contributed by atoms with Gasteiger partial charge in [0.2, 0.25) is 0 Å². The van der Waals surface area contributed by atoms with Crippen LogP contribution in [0, 0.1) is 18.5 Å². The van der Waals surface area contributed by atoms with Crippen molar-refractivity contribution in [1.29, 1.82) is 0 Å². The van der Waals surface area contributed by atoms with E-state index in [4.69, 9.17) is 12.2 Å². The van der Waals surface area contributed by atoms with Gasteiger partial charge in [-0.1, -0.05) is 42.5 Å². The molecule has 0 amide bonds. The van der Waals surface area contributed by atoms with Crippen molar-refractivity contribution in [3.63, 3.8) is 0 Å². The number of aromatic amines is 1. The minimum atomic E-state index is 0.578. The van der Waals surface area contributed by atoms with Gasteiger partial charge in [-0.2, -0.15) is 0 Å². The monoisotopic (exact) mass is 282 g/mol. The molecule has 2 heterocycles. The van der Waals surface area contributed by atoms with Crippen LogP contribution < -0.4 is 0 Å².